The first kappa shape index (κ1) is 22.5. The van der Waals surface area contributed by atoms with Gasteiger partial charge in [0, 0.05) is 36.9 Å². The summed E-state index contributed by atoms with van der Waals surface area (Å²) in [4.78, 5) is 3.78. The zero-order valence-corrected chi connectivity index (χ0v) is 20.2. The SMILES string of the molecule is C=CC(C)C1(CCCOCc2ccccc2)C(=S)N2CCC3(CC24CCCC14)OCCO3. The van der Waals surface area contributed by atoms with Crippen molar-refractivity contribution in [3.05, 3.63) is 48.6 Å². The number of benzene rings is 1. The van der Waals surface area contributed by atoms with Gasteiger partial charge in [0.2, 0.25) is 0 Å². The van der Waals surface area contributed by atoms with Crippen molar-refractivity contribution in [3.63, 3.8) is 0 Å². The molecular formula is C27H37NO3S. The maximum absolute atomic E-state index is 6.32. The Labute approximate surface area is 198 Å². The number of allylic oxidation sites excluding steroid dienone is 1. The molecule has 0 bridgehead atoms. The fourth-order valence-electron chi connectivity index (χ4n) is 7.39. The van der Waals surface area contributed by atoms with E-state index >= 15 is 0 Å². The van der Waals surface area contributed by atoms with E-state index in [9.17, 15) is 0 Å². The lowest BCUT2D eigenvalue weighted by atomic mass is 9.61. The van der Waals surface area contributed by atoms with Gasteiger partial charge in [0.15, 0.2) is 5.79 Å². The zero-order valence-electron chi connectivity index (χ0n) is 19.4. The lowest BCUT2D eigenvalue weighted by Gasteiger charge is -2.50. The highest BCUT2D eigenvalue weighted by Crippen LogP contribution is 2.65. The minimum Gasteiger partial charge on any atom is -0.377 e. The van der Waals surface area contributed by atoms with Crippen LogP contribution in [0.1, 0.15) is 57.4 Å². The van der Waals surface area contributed by atoms with E-state index in [1.54, 1.807) is 0 Å². The van der Waals surface area contributed by atoms with E-state index < -0.39 is 0 Å². The van der Waals surface area contributed by atoms with Crippen LogP contribution in [0.15, 0.2) is 43.0 Å². The molecule has 4 atom stereocenters. The van der Waals surface area contributed by atoms with Crippen LogP contribution in [0.4, 0.5) is 0 Å². The van der Waals surface area contributed by atoms with E-state index in [1.807, 2.05) is 6.07 Å². The number of ether oxygens (including phenoxy) is 3. The molecule has 4 nitrogen and oxygen atoms in total. The Kier molecular flexibility index (Phi) is 6.21. The van der Waals surface area contributed by atoms with Crippen molar-refractivity contribution in [3.8, 4) is 0 Å². The standard InChI is InChI=1S/C27H37NO3S/c1-3-21(2)27(13-8-16-29-19-22-9-5-4-6-10-22)23-11-7-12-25(23)20-26(30-17-18-31-26)14-15-28(25)24(27)32/h3-6,9-10,21,23H,1,7-8,11-20H2,2H3. The summed E-state index contributed by atoms with van der Waals surface area (Å²) in [5, 5.41) is 0. The highest BCUT2D eigenvalue weighted by Gasteiger charge is 2.69. The molecule has 4 unspecified atom stereocenters. The number of piperidine rings is 1. The van der Waals surface area contributed by atoms with E-state index in [0.29, 0.717) is 18.4 Å². The number of rotatable bonds is 8. The van der Waals surface area contributed by atoms with Gasteiger partial charge in [-0.1, -0.05) is 62.0 Å². The molecule has 2 spiro atoms. The molecule has 3 saturated heterocycles. The van der Waals surface area contributed by atoms with Crippen LogP contribution in [0.5, 0.6) is 0 Å². The van der Waals surface area contributed by atoms with Crippen molar-refractivity contribution in [1.29, 1.82) is 0 Å². The Hall–Kier alpha value is -1.27. The van der Waals surface area contributed by atoms with Crippen LogP contribution in [0.25, 0.3) is 0 Å². The minimum absolute atomic E-state index is 0.0200. The van der Waals surface area contributed by atoms with E-state index in [4.69, 9.17) is 26.4 Å². The van der Waals surface area contributed by atoms with E-state index in [-0.39, 0.29) is 16.7 Å². The highest BCUT2D eigenvalue weighted by atomic mass is 32.1. The molecule has 1 aromatic rings. The average Bonchev–Trinajstić information content (AvgIpc) is 3.48. The van der Waals surface area contributed by atoms with Gasteiger partial charge >= 0.3 is 0 Å². The fourth-order valence-corrected chi connectivity index (χ4v) is 8.09. The van der Waals surface area contributed by atoms with Gasteiger partial charge in [0.25, 0.3) is 0 Å². The lowest BCUT2D eigenvalue weighted by molar-refractivity contribution is -0.208. The second-order valence-corrected chi connectivity index (χ2v) is 10.6. The average molecular weight is 456 g/mol. The second kappa shape index (κ2) is 8.83. The molecular weight excluding hydrogens is 418 g/mol. The zero-order chi connectivity index (χ0) is 22.2. The van der Waals surface area contributed by atoms with Gasteiger partial charge in [-0.3, -0.25) is 0 Å². The molecule has 32 heavy (non-hydrogen) atoms. The highest BCUT2D eigenvalue weighted by molar-refractivity contribution is 7.80. The summed E-state index contributed by atoms with van der Waals surface area (Å²) in [5.41, 5.74) is 1.29. The van der Waals surface area contributed by atoms with Crippen molar-refractivity contribution < 1.29 is 14.2 Å². The Morgan fingerprint density at radius 2 is 2.03 bits per heavy atom. The summed E-state index contributed by atoms with van der Waals surface area (Å²) >= 11 is 6.32. The van der Waals surface area contributed by atoms with Crippen LogP contribution in [-0.4, -0.2) is 47.6 Å². The van der Waals surface area contributed by atoms with Gasteiger partial charge in [0.1, 0.15) is 0 Å². The van der Waals surface area contributed by atoms with Crippen LogP contribution >= 0.6 is 12.2 Å². The molecule has 0 N–H and O–H groups in total. The van der Waals surface area contributed by atoms with Crippen LogP contribution < -0.4 is 0 Å². The van der Waals surface area contributed by atoms with Gasteiger partial charge in [-0.2, -0.15) is 0 Å². The Morgan fingerprint density at radius 3 is 2.78 bits per heavy atom. The summed E-state index contributed by atoms with van der Waals surface area (Å²) in [6.45, 7) is 10.4. The number of nitrogens with zero attached hydrogens (tertiary/aromatic N) is 1. The number of hydrogen-bond acceptors (Lipinski definition) is 4. The summed E-state index contributed by atoms with van der Waals surface area (Å²) in [6.07, 6.45) is 9.78. The molecule has 1 aliphatic carbocycles. The smallest absolute Gasteiger partial charge is 0.172 e. The lowest BCUT2D eigenvalue weighted by Crippen LogP contribution is -2.58. The van der Waals surface area contributed by atoms with Crippen molar-refractivity contribution in [2.24, 2.45) is 17.3 Å². The number of thiocarbonyl (C=S) groups is 1. The normalized spacial score (nSPS) is 34.0. The van der Waals surface area contributed by atoms with Crippen molar-refractivity contribution in [2.75, 3.05) is 26.4 Å². The Bertz CT molecular complexity index is 839. The third-order valence-corrected chi connectivity index (χ3v) is 9.42. The topological polar surface area (TPSA) is 30.9 Å². The molecule has 1 saturated carbocycles. The van der Waals surface area contributed by atoms with Crippen molar-refractivity contribution >= 4 is 17.2 Å². The third-order valence-electron chi connectivity index (χ3n) is 8.82. The van der Waals surface area contributed by atoms with Crippen molar-refractivity contribution in [1.82, 2.24) is 4.90 Å². The summed E-state index contributed by atoms with van der Waals surface area (Å²) in [5.74, 6) is 0.492. The monoisotopic (exact) mass is 455 g/mol. The van der Waals surface area contributed by atoms with Crippen LogP contribution in [0, 0.1) is 17.3 Å². The first-order valence-corrected chi connectivity index (χ1v) is 12.8. The summed E-state index contributed by atoms with van der Waals surface area (Å²) < 4.78 is 18.5. The van der Waals surface area contributed by atoms with Gasteiger partial charge in [-0.15, -0.1) is 6.58 Å². The first-order valence-electron chi connectivity index (χ1n) is 12.4. The van der Waals surface area contributed by atoms with E-state index in [0.717, 1.165) is 52.0 Å². The fraction of sp³-hybridized carbons (Fsp3) is 0.667. The van der Waals surface area contributed by atoms with Gasteiger partial charge in [0.05, 0.1) is 24.8 Å². The molecule has 3 heterocycles. The maximum Gasteiger partial charge on any atom is 0.172 e. The third kappa shape index (κ3) is 3.48. The predicted octanol–water partition coefficient (Wildman–Crippen LogP) is 5.51. The van der Waals surface area contributed by atoms with Gasteiger partial charge in [-0.25, -0.2) is 0 Å². The summed E-state index contributed by atoms with van der Waals surface area (Å²) in [7, 11) is 0. The quantitative estimate of drug-likeness (QED) is 0.293. The maximum atomic E-state index is 6.32. The molecule has 4 fully saturated rings. The van der Waals surface area contributed by atoms with Crippen LogP contribution in [0.2, 0.25) is 0 Å². The first-order chi connectivity index (χ1) is 15.6. The largest absolute Gasteiger partial charge is 0.377 e. The number of hydrogen-bond donors (Lipinski definition) is 0. The van der Waals surface area contributed by atoms with Gasteiger partial charge in [-0.05, 0) is 43.1 Å². The van der Waals surface area contributed by atoms with Gasteiger partial charge < -0.3 is 19.1 Å². The Morgan fingerprint density at radius 1 is 1.25 bits per heavy atom. The molecule has 0 amide bonds. The summed E-state index contributed by atoms with van der Waals surface area (Å²) in [6, 6.07) is 10.4. The van der Waals surface area contributed by atoms with Crippen LogP contribution in [-0.2, 0) is 20.8 Å². The second-order valence-electron chi connectivity index (χ2n) is 10.2. The minimum atomic E-state index is -0.388. The molecule has 174 valence electrons. The molecule has 5 heteroatoms. The molecule has 4 aliphatic rings. The molecule has 5 rings (SSSR count). The van der Waals surface area contributed by atoms with E-state index in [1.165, 1.54) is 29.8 Å². The van der Waals surface area contributed by atoms with E-state index in [2.05, 4.69) is 48.7 Å². The molecule has 3 aliphatic heterocycles. The molecule has 0 radical (unpaired) electrons. The van der Waals surface area contributed by atoms with Crippen LogP contribution in [0.3, 0.4) is 0 Å². The predicted molar refractivity (Wildman–Crippen MR) is 130 cm³/mol. The molecule has 1 aromatic carbocycles. The van der Waals surface area contributed by atoms with Crippen molar-refractivity contribution in [2.45, 2.75) is 69.8 Å². The Balaban J connectivity index is 1.34. The molecule has 0 aromatic heterocycles.